The fourth-order valence-corrected chi connectivity index (χ4v) is 3.75. The number of esters is 1. The molecule has 0 aliphatic heterocycles. The summed E-state index contributed by atoms with van der Waals surface area (Å²) < 4.78 is 11.3. The number of carbonyl (C=O) groups is 2. The molecule has 0 unspecified atom stereocenters. The molecule has 2 aromatic carbocycles. The number of hydrogen-bond donors (Lipinski definition) is 1. The molecule has 0 aliphatic rings. The van der Waals surface area contributed by atoms with Gasteiger partial charge in [-0.1, -0.05) is 34.1 Å². The van der Waals surface area contributed by atoms with Crippen molar-refractivity contribution in [3.63, 3.8) is 0 Å². The summed E-state index contributed by atoms with van der Waals surface area (Å²) in [5.41, 5.74) is 3.77. The standard InChI is InChI=1S/C21H19BrN2O4S/c1-13-6-14(2)8-17(7-13)27-11-20(26)28-10-19(25)24-21-23-18(12-29-21)15-4-3-5-16(22)9-15/h3-9,12H,10-11H2,1-2H3,(H,23,24,25). The summed E-state index contributed by atoms with van der Waals surface area (Å²) in [5, 5.41) is 4.92. The Morgan fingerprint density at radius 3 is 2.59 bits per heavy atom. The fraction of sp³-hybridized carbons (Fsp3) is 0.190. The molecule has 0 saturated carbocycles. The number of aryl methyl sites for hydroxylation is 2. The maximum atomic E-state index is 12.0. The van der Waals surface area contributed by atoms with E-state index in [4.69, 9.17) is 9.47 Å². The van der Waals surface area contributed by atoms with Gasteiger partial charge in [0.2, 0.25) is 0 Å². The lowest BCUT2D eigenvalue weighted by Crippen LogP contribution is -2.23. The number of aromatic nitrogens is 1. The highest BCUT2D eigenvalue weighted by molar-refractivity contribution is 9.10. The van der Waals surface area contributed by atoms with Gasteiger partial charge in [0, 0.05) is 15.4 Å². The summed E-state index contributed by atoms with van der Waals surface area (Å²) >= 11 is 4.72. The number of thiazole rings is 1. The quantitative estimate of drug-likeness (QED) is 0.499. The highest BCUT2D eigenvalue weighted by atomic mass is 79.9. The minimum atomic E-state index is -0.617. The number of ether oxygens (including phenoxy) is 2. The molecule has 150 valence electrons. The lowest BCUT2D eigenvalue weighted by molar-refractivity contribution is -0.149. The van der Waals surface area contributed by atoms with E-state index < -0.39 is 18.5 Å². The summed E-state index contributed by atoms with van der Waals surface area (Å²) in [5.74, 6) is -0.486. The van der Waals surface area contributed by atoms with E-state index in [1.165, 1.54) is 11.3 Å². The van der Waals surface area contributed by atoms with Gasteiger partial charge in [-0.2, -0.15) is 0 Å². The lowest BCUT2D eigenvalue weighted by Gasteiger charge is -2.08. The predicted molar refractivity (Wildman–Crippen MR) is 116 cm³/mol. The van der Waals surface area contributed by atoms with E-state index in [2.05, 4.69) is 26.2 Å². The number of benzene rings is 2. The second-order valence-corrected chi connectivity index (χ2v) is 8.14. The molecule has 1 N–H and O–H groups in total. The second-order valence-electron chi connectivity index (χ2n) is 6.37. The van der Waals surface area contributed by atoms with Crippen LogP contribution in [0.4, 0.5) is 5.13 Å². The van der Waals surface area contributed by atoms with Gasteiger partial charge >= 0.3 is 5.97 Å². The van der Waals surface area contributed by atoms with Gasteiger partial charge in [0.15, 0.2) is 18.3 Å². The first-order valence-electron chi connectivity index (χ1n) is 8.77. The topological polar surface area (TPSA) is 77.5 Å². The molecule has 6 nitrogen and oxygen atoms in total. The normalized spacial score (nSPS) is 10.4. The smallest absolute Gasteiger partial charge is 0.344 e. The maximum Gasteiger partial charge on any atom is 0.344 e. The van der Waals surface area contributed by atoms with E-state index in [1.807, 2.05) is 61.7 Å². The fourth-order valence-electron chi connectivity index (χ4n) is 2.61. The zero-order chi connectivity index (χ0) is 20.8. The van der Waals surface area contributed by atoms with E-state index in [9.17, 15) is 9.59 Å². The van der Waals surface area contributed by atoms with Gasteiger partial charge in [0.25, 0.3) is 5.91 Å². The Labute approximate surface area is 181 Å². The number of carbonyl (C=O) groups excluding carboxylic acids is 2. The summed E-state index contributed by atoms with van der Waals surface area (Å²) in [6.45, 7) is 3.23. The van der Waals surface area contributed by atoms with E-state index >= 15 is 0 Å². The third-order valence-electron chi connectivity index (χ3n) is 3.79. The minimum absolute atomic E-state index is 0.263. The average Bonchev–Trinajstić information content (AvgIpc) is 3.12. The number of anilines is 1. The molecule has 1 amide bonds. The number of halogens is 1. The molecule has 3 aromatic rings. The molecule has 1 heterocycles. The van der Waals surface area contributed by atoms with E-state index in [0.717, 1.165) is 26.9 Å². The Hall–Kier alpha value is -2.71. The number of nitrogens with one attached hydrogen (secondary N) is 1. The van der Waals surface area contributed by atoms with Crippen LogP contribution in [0.1, 0.15) is 11.1 Å². The van der Waals surface area contributed by atoms with Gasteiger partial charge in [-0.3, -0.25) is 10.1 Å². The number of hydrogen-bond acceptors (Lipinski definition) is 6. The van der Waals surface area contributed by atoms with Crippen LogP contribution in [0.15, 0.2) is 52.3 Å². The summed E-state index contributed by atoms with van der Waals surface area (Å²) in [6, 6.07) is 13.4. The van der Waals surface area contributed by atoms with Crippen molar-refractivity contribution in [2.24, 2.45) is 0 Å². The first kappa shape index (κ1) is 21.0. The molecule has 3 rings (SSSR count). The molecule has 0 spiro atoms. The SMILES string of the molecule is Cc1cc(C)cc(OCC(=O)OCC(=O)Nc2nc(-c3cccc(Br)c3)cs2)c1. The Kier molecular flexibility index (Phi) is 7.00. The van der Waals surface area contributed by atoms with Crippen LogP contribution in [0.2, 0.25) is 0 Å². The van der Waals surface area contributed by atoms with Crippen molar-refractivity contribution in [3.8, 4) is 17.0 Å². The molecule has 0 saturated heterocycles. The third kappa shape index (κ3) is 6.40. The highest BCUT2D eigenvalue weighted by Crippen LogP contribution is 2.26. The van der Waals surface area contributed by atoms with Gasteiger partial charge in [0.1, 0.15) is 5.75 Å². The maximum absolute atomic E-state index is 12.0. The van der Waals surface area contributed by atoms with Gasteiger partial charge in [-0.15, -0.1) is 11.3 Å². The van der Waals surface area contributed by atoms with Crippen LogP contribution >= 0.6 is 27.3 Å². The van der Waals surface area contributed by atoms with Crippen LogP contribution in [0.25, 0.3) is 11.3 Å². The molecular formula is C21H19BrN2O4S. The number of amides is 1. The van der Waals surface area contributed by atoms with Crippen LogP contribution in [0.3, 0.4) is 0 Å². The summed E-state index contributed by atoms with van der Waals surface area (Å²) in [6.07, 6.45) is 0. The van der Waals surface area contributed by atoms with Crippen molar-refractivity contribution in [2.75, 3.05) is 18.5 Å². The van der Waals surface area contributed by atoms with E-state index in [1.54, 1.807) is 0 Å². The molecule has 0 fully saturated rings. The lowest BCUT2D eigenvalue weighted by atomic mass is 10.1. The predicted octanol–water partition coefficient (Wildman–Crippen LogP) is 4.75. The van der Waals surface area contributed by atoms with Crippen molar-refractivity contribution in [3.05, 3.63) is 63.4 Å². The van der Waals surface area contributed by atoms with Crippen LogP contribution in [0, 0.1) is 13.8 Å². The zero-order valence-electron chi connectivity index (χ0n) is 15.9. The molecule has 0 radical (unpaired) electrons. The Bertz CT molecular complexity index is 1010. The van der Waals surface area contributed by atoms with Crippen molar-refractivity contribution in [1.82, 2.24) is 4.98 Å². The largest absolute Gasteiger partial charge is 0.482 e. The first-order valence-corrected chi connectivity index (χ1v) is 10.4. The number of nitrogens with zero attached hydrogens (tertiary/aromatic N) is 1. The average molecular weight is 475 g/mol. The summed E-state index contributed by atoms with van der Waals surface area (Å²) in [4.78, 5) is 28.2. The molecule has 0 bridgehead atoms. The van der Waals surface area contributed by atoms with Crippen LogP contribution in [0.5, 0.6) is 5.75 Å². The van der Waals surface area contributed by atoms with Crippen LogP contribution < -0.4 is 10.1 Å². The molecule has 0 aliphatic carbocycles. The summed E-state index contributed by atoms with van der Waals surface area (Å²) in [7, 11) is 0. The van der Waals surface area contributed by atoms with Crippen molar-refractivity contribution < 1.29 is 19.1 Å². The van der Waals surface area contributed by atoms with Crippen molar-refractivity contribution in [1.29, 1.82) is 0 Å². The second kappa shape index (κ2) is 9.67. The molecule has 1 aromatic heterocycles. The first-order chi connectivity index (χ1) is 13.9. The molecule has 0 atom stereocenters. The van der Waals surface area contributed by atoms with Crippen molar-refractivity contribution in [2.45, 2.75) is 13.8 Å². The molecule has 29 heavy (non-hydrogen) atoms. The highest BCUT2D eigenvalue weighted by Gasteiger charge is 2.12. The van der Waals surface area contributed by atoms with Crippen LogP contribution in [-0.2, 0) is 14.3 Å². The Morgan fingerprint density at radius 1 is 1.10 bits per heavy atom. The minimum Gasteiger partial charge on any atom is -0.482 e. The van der Waals surface area contributed by atoms with Gasteiger partial charge in [-0.25, -0.2) is 9.78 Å². The van der Waals surface area contributed by atoms with E-state index in [-0.39, 0.29) is 6.61 Å². The molecule has 8 heteroatoms. The third-order valence-corrected chi connectivity index (χ3v) is 5.04. The zero-order valence-corrected chi connectivity index (χ0v) is 18.3. The Balaban J connectivity index is 1.45. The molecular weight excluding hydrogens is 456 g/mol. The van der Waals surface area contributed by atoms with Crippen molar-refractivity contribution >= 4 is 44.3 Å². The number of rotatable bonds is 7. The van der Waals surface area contributed by atoms with Gasteiger partial charge < -0.3 is 9.47 Å². The Morgan fingerprint density at radius 2 is 1.86 bits per heavy atom. The van der Waals surface area contributed by atoms with Gasteiger partial charge in [0.05, 0.1) is 5.69 Å². The van der Waals surface area contributed by atoms with Crippen LogP contribution in [-0.4, -0.2) is 30.1 Å². The van der Waals surface area contributed by atoms with E-state index in [0.29, 0.717) is 10.9 Å². The van der Waals surface area contributed by atoms with Gasteiger partial charge in [-0.05, 0) is 49.2 Å². The monoisotopic (exact) mass is 474 g/mol.